The van der Waals surface area contributed by atoms with Gasteiger partial charge in [-0.05, 0) is 18.6 Å². The smallest absolute Gasteiger partial charge is 0.372 e. The monoisotopic (exact) mass is 462 g/mol. The Labute approximate surface area is 156 Å². The zero-order valence-electron chi connectivity index (χ0n) is 13.7. The fourth-order valence-corrected chi connectivity index (χ4v) is 1.95. The standard InChI is InChI=1S/C15H22F4N4.HI/c1-20-14(22-10-8-15(17,18)19)21-9-5-11-23(2)13-7-4-3-6-12(13)16;/h3-4,6-7H,5,8-11H2,1-2H3,(H2,20,21,22);1H. The first-order valence-electron chi connectivity index (χ1n) is 7.30. The molecular weight excluding hydrogens is 439 g/mol. The summed E-state index contributed by atoms with van der Waals surface area (Å²) in [5.41, 5.74) is 0.514. The molecule has 4 nitrogen and oxygen atoms in total. The van der Waals surface area contributed by atoms with Gasteiger partial charge in [-0.25, -0.2) is 4.39 Å². The van der Waals surface area contributed by atoms with Crippen LogP contribution in [0.5, 0.6) is 0 Å². The van der Waals surface area contributed by atoms with Crippen LogP contribution in [-0.2, 0) is 0 Å². The minimum atomic E-state index is -4.19. The Morgan fingerprint density at radius 2 is 1.79 bits per heavy atom. The molecule has 0 aliphatic rings. The van der Waals surface area contributed by atoms with E-state index in [1.54, 1.807) is 30.1 Å². The molecule has 0 aliphatic carbocycles. The van der Waals surface area contributed by atoms with E-state index in [4.69, 9.17) is 0 Å². The maximum atomic E-state index is 13.6. The summed E-state index contributed by atoms with van der Waals surface area (Å²) in [6.07, 6.45) is -4.41. The van der Waals surface area contributed by atoms with Crippen molar-refractivity contribution in [2.24, 2.45) is 4.99 Å². The zero-order chi connectivity index (χ0) is 17.3. The second-order valence-corrected chi connectivity index (χ2v) is 5.02. The van der Waals surface area contributed by atoms with Crippen molar-refractivity contribution in [2.45, 2.75) is 19.0 Å². The first kappa shape index (κ1) is 22.7. The number of hydrogen-bond donors (Lipinski definition) is 2. The molecule has 0 atom stereocenters. The van der Waals surface area contributed by atoms with Crippen LogP contribution in [-0.4, -0.2) is 45.9 Å². The van der Waals surface area contributed by atoms with E-state index in [2.05, 4.69) is 15.6 Å². The molecule has 2 N–H and O–H groups in total. The van der Waals surface area contributed by atoms with Crippen molar-refractivity contribution in [3.8, 4) is 0 Å². The fraction of sp³-hybridized carbons (Fsp3) is 0.533. The van der Waals surface area contributed by atoms with Gasteiger partial charge in [0.15, 0.2) is 5.96 Å². The van der Waals surface area contributed by atoms with E-state index in [0.29, 0.717) is 31.2 Å². The Hall–Kier alpha value is -1.26. The molecule has 1 aromatic rings. The lowest BCUT2D eigenvalue weighted by atomic mass is 10.2. The molecule has 138 valence electrons. The summed E-state index contributed by atoms with van der Waals surface area (Å²) in [5.74, 6) is 0.0374. The zero-order valence-corrected chi connectivity index (χ0v) is 16.0. The summed E-state index contributed by atoms with van der Waals surface area (Å²) in [6, 6.07) is 6.49. The van der Waals surface area contributed by atoms with E-state index in [1.165, 1.54) is 13.1 Å². The third-order valence-electron chi connectivity index (χ3n) is 3.15. The molecular formula is C15H23F4IN4. The van der Waals surface area contributed by atoms with Crippen LogP contribution < -0.4 is 15.5 Å². The second-order valence-electron chi connectivity index (χ2n) is 5.02. The molecule has 0 spiro atoms. The van der Waals surface area contributed by atoms with Gasteiger partial charge in [-0.15, -0.1) is 24.0 Å². The summed E-state index contributed by atoms with van der Waals surface area (Å²) in [4.78, 5) is 5.64. The highest BCUT2D eigenvalue weighted by molar-refractivity contribution is 14.0. The molecule has 0 bridgehead atoms. The lowest BCUT2D eigenvalue weighted by Gasteiger charge is -2.20. The maximum absolute atomic E-state index is 13.6. The molecule has 0 saturated carbocycles. The number of nitrogens with one attached hydrogen (secondary N) is 2. The number of para-hydroxylation sites is 1. The number of nitrogens with zero attached hydrogens (tertiary/aromatic N) is 2. The van der Waals surface area contributed by atoms with Gasteiger partial charge < -0.3 is 15.5 Å². The van der Waals surface area contributed by atoms with Crippen LogP contribution in [0.25, 0.3) is 0 Å². The summed E-state index contributed by atoms with van der Waals surface area (Å²) >= 11 is 0. The largest absolute Gasteiger partial charge is 0.390 e. The first-order valence-corrected chi connectivity index (χ1v) is 7.30. The summed E-state index contributed by atoms with van der Waals surface area (Å²) in [7, 11) is 3.28. The van der Waals surface area contributed by atoms with Crippen LogP contribution >= 0.6 is 24.0 Å². The van der Waals surface area contributed by atoms with Crippen molar-refractivity contribution in [1.82, 2.24) is 10.6 Å². The van der Waals surface area contributed by atoms with Crippen molar-refractivity contribution in [3.63, 3.8) is 0 Å². The van der Waals surface area contributed by atoms with Gasteiger partial charge in [0.2, 0.25) is 0 Å². The number of hydrogen-bond acceptors (Lipinski definition) is 2. The first-order chi connectivity index (χ1) is 10.8. The molecule has 0 unspecified atom stereocenters. The highest BCUT2D eigenvalue weighted by atomic mass is 127. The molecule has 9 heteroatoms. The van der Waals surface area contributed by atoms with Gasteiger partial charge in [0.05, 0.1) is 12.1 Å². The van der Waals surface area contributed by atoms with Gasteiger partial charge in [0.1, 0.15) is 5.82 Å². The maximum Gasteiger partial charge on any atom is 0.390 e. The average Bonchev–Trinajstić information content (AvgIpc) is 2.48. The predicted octanol–water partition coefficient (Wildman–Crippen LogP) is 3.39. The minimum absolute atomic E-state index is 0. The van der Waals surface area contributed by atoms with Crippen molar-refractivity contribution in [3.05, 3.63) is 30.1 Å². The molecule has 24 heavy (non-hydrogen) atoms. The number of benzene rings is 1. The summed E-state index contributed by atoms with van der Waals surface area (Å²) in [6.45, 7) is 0.899. The van der Waals surface area contributed by atoms with Crippen molar-refractivity contribution < 1.29 is 17.6 Å². The van der Waals surface area contributed by atoms with E-state index in [1.807, 2.05) is 0 Å². The van der Waals surface area contributed by atoms with Gasteiger partial charge in [-0.1, -0.05) is 12.1 Å². The molecule has 0 heterocycles. The van der Waals surface area contributed by atoms with Crippen LogP contribution in [0.2, 0.25) is 0 Å². The fourth-order valence-electron chi connectivity index (χ4n) is 1.95. The van der Waals surface area contributed by atoms with Crippen molar-refractivity contribution >= 4 is 35.6 Å². The molecule has 0 radical (unpaired) electrons. The molecule has 0 fully saturated rings. The molecule has 0 aliphatic heterocycles. The van der Waals surface area contributed by atoms with Crippen LogP contribution in [0.4, 0.5) is 23.2 Å². The average molecular weight is 462 g/mol. The van der Waals surface area contributed by atoms with E-state index >= 15 is 0 Å². The SMILES string of the molecule is CN=C(NCCCN(C)c1ccccc1F)NCCC(F)(F)F.I. The van der Waals surface area contributed by atoms with Gasteiger partial charge in [0, 0.05) is 33.7 Å². The van der Waals surface area contributed by atoms with E-state index in [-0.39, 0.29) is 36.3 Å². The van der Waals surface area contributed by atoms with Crippen LogP contribution in [0, 0.1) is 5.82 Å². The topological polar surface area (TPSA) is 39.7 Å². The number of anilines is 1. The van der Waals surface area contributed by atoms with Crippen molar-refractivity contribution in [2.75, 3.05) is 38.6 Å². The summed E-state index contributed by atoms with van der Waals surface area (Å²) in [5, 5.41) is 5.53. The Kier molecular flexibility index (Phi) is 10.7. The van der Waals surface area contributed by atoms with Crippen LogP contribution in [0.1, 0.15) is 12.8 Å². The van der Waals surface area contributed by atoms with Crippen LogP contribution in [0.15, 0.2) is 29.3 Å². The van der Waals surface area contributed by atoms with E-state index in [0.717, 1.165) is 0 Å². The Bertz CT molecular complexity index is 508. The van der Waals surface area contributed by atoms with E-state index < -0.39 is 12.6 Å². The highest BCUT2D eigenvalue weighted by Gasteiger charge is 2.26. The summed E-state index contributed by atoms with van der Waals surface area (Å²) < 4.78 is 49.8. The molecule has 0 amide bonds. The normalized spacial score (nSPS) is 11.7. The number of alkyl halides is 3. The van der Waals surface area contributed by atoms with Gasteiger partial charge in [-0.3, -0.25) is 4.99 Å². The predicted molar refractivity (Wildman–Crippen MR) is 99.7 cm³/mol. The van der Waals surface area contributed by atoms with Gasteiger partial charge in [-0.2, -0.15) is 13.2 Å². The number of rotatable bonds is 7. The van der Waals surface area contributed by atoms with E-state index in [9.17, 15) is 17.6 Å². The highest BCUT2D eigenvalue weighted by Crippen LogP contribution is 2.18. The molecule has 1 aromatic carbocycles. The third kappa shape index (κ3) is 9.14. The number of halogens is 5. The minimum Gasteiger partial charge on any atom is -0.372 e. The van der Waals surface area contributed by atoms with Gasteiger partial charge in [0.25, 0.3) is 0 Å². The lowest BCUT2D eigenvalue weighted by molar-refractivity contribution is -0.132. The quantitative estimate of drug-likeness (QED) is 0.215. The van der Waals surface area contributed by atoms with Crippen LogP contribution in [0.3, 0.4) is 0 Å². The Morgan fingerprint density at radius 1 is 1.17 bits per heavy atom. The molecule has 0 aromatic heterocycles. The van der Waals surface area contributed by atoms with Crippen molar-refractivity contribution in [1.29, 1.82) is 0 Å². The molecule has 1 rings (SSSR count). The molecule has 0 saturated heterocycles. The third-order valence-corrected chi connectivity index (χ3v) is 3.15. The second kappa shape index (κ2) is 11.3. The number of aliphatic imine (C=N–C) groups is 1. The Balaban J connectivity index is 0.00000529. The lowest BCUT2D eigenvalue weighted by Crippen LogP contribution is -2.40. The van der Waals surface area contributed by atoms with Gasteiger partial charge >= 0.3 is 6.18 Å². The Morgan fingerprint density at radius 3 is 2.38 bits per heavy atom. The number of guanidine groups is 1.